The molecule has 1 aromatic rings. The standard InChI is InChI=1S/C22H36N6O2/c1-16-14-28(15-17(2)30-16)20-6-5-19(12-25-20)13-26-22(24-4)27-9-7-18(8-10-27)11-21(29)23-3/h5-6,12,16-18H,7-11,13-15H2,1-4H3,(H,23,29)(H,24,26). The van der Waals surface area contributed by atoms with E-state index in [2.05, 4.69) is 56.4 Å². The number of nitrogens with zero attached hydrogens (tertiary/aromatic N) is 4. The van der Waals surface area contributed by atoms with E-state index in [9.17, 15) is 4.79 Å². The van der Waals surface area contributed by atoms with E-state index in [1.807, 2.05) is 13.2 Å². The summed E-state index contributed by atoms with van der Waals surface area (Å²) in [7, 11) is 3.52. The Bertz CT molecular complexity index is 705. The third kappa shape index (κ3) is 6.08. The second kappa shape index (κ2) is 10.6. The number of guanidine groups is 1. The molecule has 0 saturated carbocycles. The molecule has 0 aromatic carbocycles. The fourth-order valence-electron chi connectivity index (χ4n) is 4.30. The van der Waals surface area contributed by atoms with Gasteiger partial charge in [-0.25, -0.2) is 4.98 Å². The van der Waals surface area contributed by atoms with Gasteiger partial charge in [0, 0.05) is 59.4 Å². The van der Waals surface area contributed by atoms with Crippen molar-refractivity contribution in [1.82, 2.24) is 20.5 Å². The minimum Gasteiger partial charge on any atom is -0.372 e. The van der Waals surface area contributed by atoms with E-state index in [1.165, 1.54) is 0 Å². The molecule has 0 aliphatic carbocycles. The molecule has 0 spiro atoms. The van der Waals surface area contributed by atoms with Crippen LogP contribution in [0, 0.1) is 5.92 Å². The van der Waals surface area contributed by atoms with Crippen LogP contribution in [0.1, 0.15) is 38.7 Å². The van der Waals surface area contributed by atoms with Crippen molar-refractivity contribution in [2.24, 2.45) is 10.9 Å². The topological polar surface area (TPSA) is 82.1 Å². The lowest BCUT2D eigenvalue weighted by Gasteiger charge is -2.36. The summed E-state index contributed by atoms with van der Waals surface area (Å²) in [6, 6.07) is 4.22. The summed E-state index contributed by atoms with van der Waals surface area (Å²) in [4.78, 5) is 25.3. The molecule has 2 aliphatic heterocycles. The number of amides is 1. The fraction of sp³-hybridized carbons (Fsp3) is 0.682. The number of aromatic nitrogens is 1. The summed E-state index contributed by atoms with van der Waals surface area (Å²) in [6.07, 6.45) is 5.04. The Morgan fingerprint density at radius 2 is 1.93 bits per heavy atom. The van der Waals surface area contributed by atoms with Crippen molar-refractivity contribution < 1.29 is 9.53 Å². The number of rotatable bonds is 5. The van der Waals surface area contributed by atoms with Gasteiger partial charge in [-0.2, -0.15) is 0 Å². The average molecular weight is 417 g/mol. The van der Waals surface area contributed by atoms with Crippen LogP contribution < -0.4 is 15.5 Å². The molecular formula is C22H36N6O2. The summed E-state index contributed by atoms with van der Waals surface area (Å²) in [5, 5.41) is 6.18. The molecule has 2 fully saturated rings. The number of hydrogen-bond donors (Lipinski definition) is 2. The lowest BCUT2D eigenvalue weighted by atomic mass is 9.93. The van der Waals surface area contributed by atoms with Gasteiger partial charge in [0.25, 0.3) is 0 Å². The Morgan fingerprint density at radius 1 is 1.23 bits per heavy atom. The highest BCUT2D eigenvalue weighted by Gasteiger charge is 2.24. The molecule has 3 heterocycles. The number of piperidine rings is 1. The molecule has 0 bridgehead atoms. The minimum atomic E-state index is 0.132. The first-order valence-corrected chi connectivity index (χ1v) is 11.0. The second-order valence-corrected chi connectivity index (χ2v) is 8.40. The molecule has 1 aromatic heterocycles. The Hall–Kier alpha value is -2.35. The summed E-state index contributed by atoms with van der Waals surface area (Å²) >= 11 is 0. The van der Waals surface area contributed by atoms with Gasteiger partial charge >= 0.3 is 0 Å². The van der Waals surface area contributed by atoms with Gasteiger partial charge in [0.2, 0.25) is 5.91 Å². The van der Waals surface area contributed by atoms with Crippen molar-refractivity contribution in [1.29, 1.82) is 0 Å². The minimum absolute atomic E-state index is 0.132. The summed E-state index contributed by atoms with van der Waals surface area (Å²) < 4.78 is 5.81. The van der Waals surface area contributed by atoms with Crippen LogP contribution in [-0.2, 0) is 16.1 Å². The van der Waals surface area contributed by atoms with Crippen molar-refractivity contribution in [2.75, 3.05) is 45.2 Å². The van der Waals surface area contributed by atoms with E-state index in [4.69, 9.17) is 4.74 Å². The highest BCUT2D eigenvalue weighted by molar-refractivity contribution is 5.80. The Kier molecular flexibility index (Phi) is 7.90. The molecule has 30 heavy (non-hydrogen) atoms. The summed E-state index contributed by atoms with van der Waals surface area (Å²) in [5.41, 5.74) is 1.13. The quantitative estimate of drug-likeness (QED) is 0.561. The lowest BCUT2D eigenvalue weighted by Crippen LogP contribution is -2.46. The van der Waals surface area contributed by atoms with Gasteiger partial charge in [0.15, 0.2) is 5.96 Å². The Morgan fingerprint density at radius 3 is 2.50 bits per heavy atom. The zero-order valence-electron chi connectivity index (χ0n) is 18.7. The van der Waals surface area contributed by atoms with Crippen LogP contribution in [0.2, 0.25) is 0 Å². The van der Waals surface area contributed by atoms with Crippen molar-refractivity contribution in [3.05, 3.63) is 23.9 Å². The van der Waals surface area contributed by atoms with E-state index >= 15 is 0 Å². The van der Waals surface area contributed by atoms with Crippen LogP contribution in [-0.4, -0.2) is 74.2 Å². The predicted molar refractivity (Wildman–Crippen MR) is 120 cm³/mol. The molecule has 8 heteroatoms. The number of likely N-dealkylation sites (tertiary alicyclic amines) is 1. The maximum absolute atomic E-state index is 11.6. The van der Waals surface area contributed by atoms with Gasteiger partial charge in [-0.3, -0.25) is 9.79 Å². The molecule has 8 nitrogen and oxygen atoms in total. The summed E-state index contributed by atoms with van der Waals surface area (Å²) in [5.74, 6) is 2.51. The van der Waals surface area contributed by atoms with Crippen LogP contribution in [0.15, 0.2) is 23.3 Å². The zero-order valence-corrected chi connectivity index (χ0v) is 18.7. The third-order valence-electron chi connectivity index (χ3n) is 5.88. The lowest BCUT2D eigenvalue weighted by molar-refractivity contribution is -0.121. The monoisotopic (exact) mass is 416 g/mol. The number of carbonyl (C=O) groups excluding carboxylic acids is 1. The van der Waals surface area contributed by atoms with E-state index in [0.29, 0.717) is 18.9 Å². The molecule has 2 aliphatic rings. The Balaban J connectivity index is 1.48. The van der Waals surface area contributed by atoms with Gasteiger partial charge in [0.1, 0.15) is 5.82 Å². The van der Waals surface area contributed by atoms with Gasteiger partial charge in [0.05, 0.1) is 12.2 Å². The van der Waals surface area contributed by atoms with Crippen molar-refractivity contribution >= 4 is 17.7 Å². The molecule has 2 saturated heterocycles. The van der Waals surface area contributed by atoms with Gasteiger partial charge in [-0.15, -0.1) is 0 Å². The Labute approximate surface area is 180 Å². The largest absolute Gasteiger partial charge is 0.372 e. The molecule has 0 radical (unpaired) electrons. The van der Waals surface area contributed by atoms with E-state index in [0.717, 1.165) is 56.4 Å². The SMILES string of the molecule is CN=C(NCc1ccc(N2CC(C)OC(C)C2)nc1)N1CCC(CC(=O)NC)CC1. The van der Waals surface area contributed by atoms with E-state index < -0.39 is 0 Å². The maximum Gasteiger partial charge on any atom is 0.220 e. The molecular weight excluding hydrogens is 380 g/mol. The number of hydrogen-bond acceptors (Lipinski definition) is 5. The number of pyridine rings is 1. The number of anilines is 1. The first-order valence-electron chi connectivity index (χ1n) is 11.0. The van der Waals surface area contributed by atoms with Crippen LogP contribution in [0.5, 0.6) is 0 Å². The third-order valence-corrected chi connectivity index (χ3v) is 5.88. The number of ether oxygens (including phenoxy) is 1. The molecule has 2 atom stereocenters. The van der Waals surface area contributed by atoms with Crippen LogP contribution in [0.25, 0.3) is 0 Å². The van der Waals surface area contributed by atoms with Crippen molar-refractivity contribution in [2.45, 2.75) is 51.9 Å². The highest BCUT2D eigenvalue weighted by Crippen LogP contribution is 2.21. The zero-order chi connectivity index (χ0) is 21.5. The summed E-state index contributed by atoms with van der Waals surface area (Å²) in [6.45, 7) is 8.49. The first kappa shape index (κ1) is 22.3. The normalized spacial score (nSPS) is 23.4. The smallest absolute Gasteiger partial charge is 0.220 e. The first-order chi connectivity index (χ1) is 14.5. The number of carbonyl (C=O) groups is 1. The highest BCUT2D eigenvalue weighted by atomic mass is 16.5. The molecule has 2 unspecified atom stereocenters. The van der Waals surface area contributed by atoms with Crippen molar-refractivity contribution in [3.8, 4) is 0 Å². The molecule has 3 rings (SSSR count). The number of morpholine rings is 1. The van der Waals surface area contributed by atoms with Crippen LogP contribution in [0.3, 0.4) is 0 Å². The number of nitrogens with one attached hydrogen (secondary N) is 2. The average Bonchev–Trinajstić information content (AvgIpc) is 2.75. The van der Waals surface area contributed by atoms with Gasteiger partial charge in [-0.05, 0) is 44.2 Å². The van der Waals surface area contributed by atoms with Gasteiger partial charge in [-0.1, -0.05) is 6.07 Å². The maximum atomic E-state index is 11.6. The van der Waals surface area contributed by atoms with Crippen LogP contribution >= 0.6 is 0 Å². The second-order valence-electron chi connectivity index (χ2n) is 8.40. The molecule has 1 amide bonds. The van der Waals surface area contributed by atoms with Gasteiger partial charge < -0.3 is 25.2 Å². The van der Waals surface area contributed by atoms with E-state index in [1.54, 1.807) is 7.05 Å². The molecule has 2 N–H and O–H groups in total. The van der Waals surface area contributed by atoms with Crippen LogP contribution in [0.4, 0.5) is 5.82 Å². The van der Waals surface area contributed by atoms with E-state index in [-0.39, 0.29) is 18.1 Å². The fourth-order valence-corrected chi connectivity index (χ4v) is 4.30. The molecule has 166 valence electrons. The predicted octanol–water partition coefficient (Wildman–Crippen LogP) is 1.62. The van der Waals surface area contributed by atoms with Crippen molar-refractivity contribution in [3.63, 3.8) is 0 Å². The number of aliphatic imine (C=N–C) groups is 1.